The van der Waals surface area contributed by atoms with Crippen molar-refractivity contribution in [3.8, 4) is 0 Å². The molecule has 0 aliphatic rings. The normalized spacial score (nSPS) is 12.0. The molecule has 0 saturated carbocycles. The Morgan fingerprint density at radius 2 is 1.89 bits per heavy atom. The van der Waals surface area contributed by atoms with Gasteiger partial charge in [0.05, 0.1) is 0 Å². The highest BCUT2D eigenvalue weighted by Gasteiger charge is 2.15. The fourth-order valence-electron chi connectivity index (χ4n) is 1.68. The van der Waals surface area contributed by atoms with Crippen molar-refractivity contribution >= 4 is 12.0 Å². The zero-order chi connectivity index (χ0) is 14.1. The predicted octanol–water partition coefficient (Wildman–Crippen LogP) is 2.00. The van der Waals surface area contributed by atoms with Crippen LogP contribution in [0.4, 0.5) is 4.79 Å². The molecule has 0 spiro atoms. The highest BCUT2D eigenvalue weighted by molar-refractivity contribution is 5.74. The summed E-state index contributed by atoms with van der Waals surface area (Å²) in [4.78, 5) is 22.1. The first-order valence-electron chi connectivity index (χ1n) is 6.19. The van der Waals surface area contributed by atoms with Crippen molar-refractivity contribution < 1.29 is 14.7 Å². The molecule has 0 aromatic carbocycles. The summed E-state index contributed by atoms with van der Waals surface area (Å²) < 4.78 is 0. The Morgan fingerprint density at radius 1 is 1.28 bits per heavy atom. The molecular weight excluding hydrogens is 232 g/mol. The first-order valence-corrected chi connectivity index (χ1v) is 6.19. The number of urea groups is 1. The lowest BCUT2D eigenvalue weighted by atomic mass is 9.94. The summed E-state index contributed by atoms with van der Waals surface area (Å²) in [6.07, 6.45) is 0.867. The van der Waals surface area contributed by atoms with E-state index in [-0.39, 0.29) is 18.4 Å². The number of hydrogen-bond donors (Lipinski definition) is 3. The van der Waals surface area contributed by atoms with E-state index in [4.69, 9.17) is 5.11 Å². The molecule has 3 N–H and O–H groups in total. The number of carbonyl (C=O) groups excluding carboxylic acids is 1. The minimum Gasteiger partial charge on any atom is -0.481 e. The molecule has 5 nitrogen and oxygen atoms in total. The first-order chi connectivity index (χ1) is 8.31. The van der Waals surface area contributed by atoms with Crippen LogP contribution in [-0.4, -0.2) is 30.2 Å². The van der Waals surface area contributed by atoms with Crippen molar-refractivity contribution in [3.63, 3.8) is 0 Å². The van der Waals surface area contributed by atoms with Crippen molar-refractivity contribution in [2.45, 2.75) is 33.6 Å². The van der Waals surface area contributed by atoms with Gasteiger partial charge in [0.15, 0.2) is 0 Å². The third-order valence-electron chi connectivity index (χ3n) is 2.37. The van der Waals surface area contributed by atoms with Crippen LogP contribution in [0.1, 0.15) is 33.6 Å². The Kier molecular flexibility index (Phi) is 7.83. The third-order valence-corrected chi connectivity index (χ3v) is 2.37. The molecule has 0 rings (SSSR count). The summed E-state index contributed by atoms with van der Waals surface area (Å²) in [6, 6.07) is -0.280. The number of hydrogen-bond acceptors (Lipinski definition) is 2. The van der Waals surface area contributed by atoms with E-state index in [9.17, 15) is 9.59 Å². The maximum Gasteiger partial charge on any atom is 0.315 e. The van der Waals surface area contributed by atoms with Gasteiger partial charge in [0, 0.05) is 19.5 Å². The van der Waals surface area contributed by atoms with Crippen LogP contribution in [0.3, 0.4) is 0 Å². The van der Waals surface area contributed by atoms with Crippen molar-refractivity contribution in [1.82, 2.24) is 10.6 Å². The first kappa shape index (κ1) is 16.5. The molecule has 0 aliphatic carbocycles. The minimum absolute atomic E-state index is 0.0296. The van der Waals surface area contributed by atoms with Gasteiger partial charge >= 0.3 is 12.0 Å². The number of nitrogens with one attached hydrogen (secondary N) is 2. The number of amides is 2. The van der Waals surface area contributed by atoms with Gasteiger partial charge in [-0.3, -0.25) is 4.79 Å². The zero-order valence-electron chi connectivity index (χ0n) is 11.5. The summed E-state index contributed by atoms with van der Waals surface area (Å²) in [5, 5.41) is 14.1. The minimum atomic E-state index is -0.829. The van der Waals surface area contributed by atoms with Crippen molar-refractivity contribution in [3.05, 3.63) is 12.2 Å². The second-order valence-corrected chi connectivity index (χ2v) is 5.11. The topological polar surface area (TPSA) is 78.4 Å². The van der Waals surface area contributed by atoms with Crippen molar-refractivity contribution in [2.75, 3.05) is 13.1 Å². The average molecular weight is 256 g/mol. The molecular formula is C13H24N2O3. The van der Waals surface area contributed by atoms with E-state index in [0.29, 0.717) is 19.0 Å². The van der Waals surface area contributed by atoms with Gasteiger partial charge in [0.1, 0.15) is 0 Å². The SMILES string of the molecule is C=C(C)CNC(=O)NCC(CC(=O)O)CC(C)C. The molecule has 104 valence electrons. The Hall–Kier alpha value is -1.52. The monoisotopic (exact) mass is 256 g/mol. The Labute approximate surface area is 109 Å². The van der Waals surface area contributed by atoms with E-state index in [1.54, 1.807) is 0 Å². The lowest BCUT2D eigenvalue weighted by molar-refractivity contribution is -0.138. The maximum atomic E-state index is 11.4. The lowest BCUT2D eigenvalue weighted by Gasteiger charge is -2.18. The Morgan fingerprint density at radius 3 is 2.33 bits per heavy atom. The molecule has 0 aliphatic heterocycles. The van der Waals surface area contributed by atoms with Gasteiger partial charge in [-0.05, 0) is 25.2 Å². The molecule has 0 aromatic heterocycles. The molecule has 1 atom stereocenters. The van der Waals surface area contributed by atoms with Crippen LogP contribution in [0.15, 0.2) is 12.2 Å². The highest BCUT2D eigenvalue weighted by Crippen LogP contribution is 2.14. The van der Waals surface area contributed by atoms with Crippen molar-refractivity contribution in [2.24, 2.45) is 11.8 Å². The summed E-state index contributed by atoms with van der Waals surface area (Å²) in [7, 11) is 0. The second-order valence-electron chi connectivity index (χ2n) is 5.11. The Balaban J connectivity index is 4.04. The van der Waals surface area contributed by atoms with Crippen LogP contribution in [0.2, 0.25) is 0 Å². The lowest BCUT2D eigenvalue weighted by Crippen LogP contribution is -2.39. The smallest absolute Gasteiger partial charge is 0.315 e. The van der Waals surface area contributed by atoms with Crippen LogP contribution < -0.4 is 10.6 Å². The maximum absolute atomic E-state index is 11.4. The third kappa shape index (κ3) is 9.69. The standard InChI is InChI=1S/C13H24N2O3/c1-9(2)5-11(6-12(16)17)8-15-13(18)14-7-10(3)4/h9,11H,3,5-8H2,1-2,4H3,(H,16,17)(H2,14,15,18). The molecule has 0 aromatic rings. The number of carboxylic acids is 1. The van der Waals surface area contributed by atoms with Crippen LogP contribution >= 0.6 is 0 Å². The van der Waals surface area contributed by atoms with Gasteiger partial charge in [-0.25, -0.2) is 4.79 Å². The summed E-state index contributed by atoms with van der Waals surface area (Å²) in [5.74, 6) is -0.447. The van der Waals surface area contributed by atoms with E-state index in [2.05, 4.69) is 17.2 Å². The van der Waals surface area contributed by atoms with Gasteiger partial charge in [-0.1, -0.05) is 26.0 Å². The number of carbonyl (C=O) groups is 2. The summed E-state index contributed by atoms with van der Waals surface area (Å²) in [6.45, 7) is 10.4. The number of rotatable bonds is 8. The molecule has 5 heteroatoms. The largest absolute Gasteiger partial charge is 0.481 e. The van der Waals surface area contributed by atoms with Crippen molar-refractivity contribution in [1.29, 1.82) is 0 Å². The average Bonchev–Trinajstić information content (AvgIpc) is 2.21. The molecule has 0 fully saturated rings. The summed E-state index contributed by atoms with van der Waals surface area (Å²) in [5.41, 5.74) is 0.870. The van der Waals surface area contributed by atoms with Gasteiger partial charge in [0.2, 0.25) is 0 Å². The van der Waals surface area contributed by atoms with E-state index < -0.39 is 5.97 Å². The number of carboxylic acid groups (broad SMARTS) is 1. The zero-order valence-corrected chi connectivity index (χ0v) is 11.5. The van der Waals surface area contributed by atoms with E-state index in [1.165, 1.54) is 0 Å². The van der Waals surface area contributed by atoms with Gasteiger partial charge < -0.3 is 15.7 Å². The fraction of sp³-hybridized carbons (Fsp3) is 0.692. The van der Waals surface area contributed by atoms with Gasteiger partial charge in [-0.2, -0.15) is 0 Å². The van der Waals surface area contributed by atoms with Crippen LogP contribution in [0, 0.1) is 11.8 Å². The summed E-state index contributed by atoms with van der Waals surface area (Å²) >= 11 is 0. The van der Waals surface area contributed by atoms with Crippen LogP contribution in [0.5, 0.6) is 0 Å². The number of aliphatic carboxylic acids is 1. The molecule has 0 radical (unpaired) electrons. The predicted molar refractivity (Wildman–Crippen MR) is 71.4 cm³/mol. The molecule has 0 bridgehead atoms. The van der Waals surface area contributed by atoms with Gasteiger partial charge in [-0.15, -0.1) is 0 Å². The van der Waals surface area contributed by atoms with Gasteiger partial charge in [0.25, 0.3) is 0 Å². The van der Waals surface area contributed by atoms with E-state index in [0.717, 1.165) is 12.0 Å². The molecule has 0 heterocycles. The highest BCUT2D eigenvalue weighted by atomic mass is 16.4. The molecule has 1 unspecified atom stereocenters. The Bertz CT molecular complexity index is 301. The fourth-order valence-corrected chi connectivity index (χ4v) is 1.68. The second kappa shape index (κ2) is 8.55. The quantitative estimate of drug-likeness (QED) is 0.581. The molecule has 2 amide bonds. The van der Waals surface area contributed by atoms with E-state index in [1.807, 2.05) is 20.8 Å². The van der Waals surface area contributed by atoms with Crippen LogP contribution in [-0.2, 0) is 4.79 Å². The molecule has 18 heavy (non-hydrogen) atoms. The van der Waals surface area contributed by atoms with E-state index >= 15 is 0 Å². The van der Waals surface area contributed by atoms with Crippen LogP contribution in [0.25, 0.3) is 0 Å². The molecule has 0 saturated heterocycles.